The molecule has 0 spiro atoms. The van der Waals surface area contributed by atoms with E-state index in [1.807, 2.05) is 31.2 Å². The molecule has 2 aromatic heterocycles. The molecule has 1 aliphatic heterocycles. The Morgan fingerprint density at radius 2 is 2.04 bits per heavy atom. The molecular weight excluding hydrogens is 394 g/mol. The second-order valence-electron chi connectivity index (χ2n) is 6.79. The van der Waals surface area contributed by atoms with Crippen molar-refractivity contribution in [3.8, 4) is 10.4 Å². The highest BCUT2D eigenvalue weighted by molar-refractivity contribution is 7.19. The monoisotopic (exact) mass is 413 g/mol. The van der Waals surface area contributed by atoms with Gasteiger partial charge < -0.3 is 10.2 Å². The Balaban J connectivity index is 1.44. The molecule has 6 nitrogen and oxygen atoms in total. The van der Waals surface area contributed by atoms with Gasteiger partial charge in [-0.2, -0.15) is 0 Å². The van der Waals surface area contributed by atoms with Crippen molar-refractivity contribution in [1.82, 2.24) is 15.2 Å². The summed E-state index contributed by atoms with van der Waals surface area (Å²) >= 11 is 7.33. The Hall–Kier alpha value is -2.51. The number of halogens is 1. The summed E-state index contributed by atoms with van der Waals surface area (Å²) in [6.45, 7) is 3.43. The highest BCUT2D eigenvalue weighted by atomic mass is 35.5. The molecule has 0 aliphatic carbocycles. The van der Waals surface area contributed by atoms with Gasteiger partial charge in [-0.25, -0.2) is 4.98 Å². The summed E-state index contributed by atoms with van der Waals surface area (Å²) in [5.41, 5.74) is 2.04. The zero-order valence-electron chi connectivity index (χ0n) is 15.4. The van der Waals surface area contributed by atoms with Crippen LogP contribution < -0.4 is 10.2 Å². The SMILES string of the molecule is Cc1nc(NC(=O)[C@@H]2CCCN(c3ccc(Cl)nn3)C2)sc1-c1ccccc1. The van der Waals surface area contributed by atoms with Crippen molar-refractivity contribution in [3.63, 3.8) is 0 Å². The highest BCUT2D eigenvalue weighted by Crippen LogP contribution is 2.33. The lowest BCUT2D eigenvalue weighted by molar-refractivity contribution is -0.120. The van der Waals surface area contributed by atoms with E-state index in [2.05, 4.69) is 37.5 Å². The van der Waals surface area contributed by atoms with Crippen LogP contribution >= 0.6 is 22.9 Å². The molecule has 0 radical (unpaired) electrons. The molecule has 0 bridgehead atoms. The van der Waals surface area contributed by atoms with E-state index >= 15 is 0 Å². The molecule has 1 fully saturated rings. The zero-order chi connectivity index (χ0) is 19.5. The van der Waals surface area contributed by atoms with Gasteiger partial charge in [-0.3, -0.25) is 4.79 Å². The van der Waals surface area contributed by atoms with Crippen molar-refractivity contribution in [2.24, 2.45) is 5.92 Å². The second-order valence-corrected chi connectivity index (χ2v) is 8.17. The predicted molar refractivity (Wildman–Crippen MR) is 113 cm³/mol. The van der Waals surface area contributed by atoms with Crippen LogP contribution in [0.5, 0.6) is 0 Å². The van der Waals surface area contributed by atoms with Gasteiger partial charge in [0, 0.05) is 13.1 Å². The Morgan fingerprint density at radius 3 is 2.79 bits per heavy atom. The molecule has 0 saturated carbocycles. The van der Waals surface area contributed by atoms with E-state index in [9.17, 15) is 4.79 Å². The first-order valence-corrected chi connectivity index (χ1v) is 10.4. The van der Waals surface area contributed by atoms with E-state index < -0.39 is 0 Å². The number of nitrogens with one attached hydrogen (secondary N) is 1. The molecule has 28 heavy (non-hydrogen) atoms. The molecule has 3 aromatic rings. The van der Waals surface area contributed by atoms with Gasteiger partial charge >= 0.3 is 0 Å². The van der Waals surface area contributed by atoms with Crippen LogP contribution in [0.3, 0.4) is 0 Å². The van der Waals surface area contributed by atoms with Crippen molar-refractivity contribution < 1.29 is 4.79 Å². The van der Waals surface area contributed by atoms with Crippen LogP contribution in [0.15, 0.2) is 42.5 Å². The molecule has 144 valence electrons. The van der Waals surface area contributed by atoms with Crippen LogP contribution in [0, 0.1) is 12.8 Å². The van der Waals surface area contributed by atoms with Crippen molar-refractivity contribution in [2.75, 3.05) is 23.3 Å². The van der Waals surface area contributed by atoms with Crippen molar-refractivity contribution >= 4 is 39.8 Å². The van der Waals surface area contributed by atoms with Crippen molar-refractivity contribution in [2.45, 2.75) is 19.8 Å². The summed E-state index contributed by atoms with van der Waals surface area (Å²) in [7, 11) is 0. The third-order valence-corrected chi connectivity index (χ3v) is 6.12. The summed E-state index contributed by atoms with van der Waals surface area (Å²) in [6.07, 6.45) is 1.77. The standard InChI is InChI=1S/C20H20ClN5OS/c1-13-18(14-6-3-2-4-7-14)28-20(22-13)23-19(27)15-8-5-11-26(12-15)17-10-9-16(21)24-25-17/h2-4,6-7,9-10,15H,5,8,11-12H2,1H3,(H,22,23,27)/t15-/m1/s1. The number of carbonyl (C=O) groups excluding carboxylic acids is 1. The number of piperidine rings is 1. The Labute approximate surface area is 172 Å². The summed E-state index contributed by atoms with van der Waals surface area (Å²) in [5.74, 6) is 0.633. The zero-order valence-corrected chi connectivity index (χ0v) is 17.0. The van der Waals surface area contributed by atoms with Gasteiger partial charge in [0.25, 0.3) is 0 Å². The van der Waals surface area contributed by atoms with E-state index in [0.717, 1.165) is 41.3 Å². The quantitative estimate of drug-likeness (QED) is 0.685. The molecule has 1 atom stereocenters. The summed E-state index contributed by atoms with van der Waals surface area (Å²) in [5, 5.41) is 12.0. The number of hydrogen-bond acceptors (Lipinski definition) is 6. The number of nitrogens with zero attached hydrogens (tertiary/aromatic N) is 4. The van der Waals surface area contributed by atoms with E-state index in [-0.39, 0.29) is 11.8 Å². The minimum Gasteiger partial charge on any atom is -0.354 e. The van der Waals surface area contributed by atoms with Gasteiger partial charge in [-0.05, 0) is 37.5 Å². The topological polar surface area (TPSA) is 71.0 Å². The molecule has 1 aliphatic rings. The van der Waals surface area contributed by atoms with Crippen LogP contribution in [0.4, 0.5) is 10.9 Å². The number of benzene rings is 1. The van der Waals surface area contributed by atoms with Gasteiger partial charge in [0.1, 0.15) is 0 Å². The fraction of sp³-hybridized carbons (Fsp3) is 0.300. The lowest BCUT2D eigenvalue weighted by Crippen LogP contribution is -2.41. The third kappa shape index (κ3) is 4.15. The lowest BCUT2D eigenvalue weighted by atomic mass is 9.97. The molecule has 4 rings (SSSR count). The van der Waals surface area contributed by atoms with Crippen LogP contribution in [0.2, 0.25) is 5.15 Å². The van der Waals surface area contributed by atoms with E-state index in [1.165, 1.54) is 11.3 Å². The number of anilines is 2. The van der Waals surface area contributed by atoms with Gasteiger partial charge in [0.15, 0.2) is 16.1 Å². The Morgan fingerprint density at radius 1 is 1.21 bits per heavy atom. The number of carbonyl (C=O) groups is 1. The summed E-state index contributed by atoms with van der Waals surface area (Å²) in [4.78, 5) is 20.5. The van der Waals surface area contributed by atoms with E-state index in [4.69, 9.17) is 11.6 Å². The molecule has 1 saturated heterocycles. The third-order valence-electron chi connectivity index (χ3n) is 4.80. The van der Waals surface area contributed by atoms with Gasteiger partial charge in [-0.1, -0.05) is 53.3 Å². The number of hydrogen-bond donors (Lipinski definition) is 1. The Bertz CT molecular complexity index is 960. The maximum absolute atomic E-state index is 12.8. The number of thiazole rings is 1. The molecule has 3 heterocycles. The molecule has 0 unspecified atom stereocenters. The van der Waals surface area contributed by atoms with Crippen LogP contribution in [-0.4, -0.2) is 34.2 Å². The fourth-order valence-electron chi connectivity index (χ4n) is 3.39. The van der Waals surface area contributed by atoms with Crippen LogP contribution in [0.1, 0.15) is 18.5 Å². The largest absolute Gasteiger partial charge is 0.354 e. The minimum absolute atomic E-state index is 0.0000145. The Kier molecular flexibility index (Phi) is 5.54. The van der Waals surface area contributed by atoms with Gasteiger partial charge in [-0.15, -0.1) is 10.2 Å². The van der Waals surface area contributed by atoms with E-state index in [1.54, 1.807) is 6.07 Å². The second kappa shape index (κ2) is 8.24. The molecular formula is C20H20ClN5OS. The molecule has 8 heteroatoms. The summed E-state index contributed by atoms with van der Waals surface area (Å²) < 4.78 is 0. The van der Waals surface area contributed by atoms with Crippen LogP contribution in [0.25, 0.3) is 10.4 Å². The molecule has 1 amide bonds. The first-order valence-electron chi connectivity index (χ1n) is 9.18. The predicted octanol–water partition coefficient (Wildman–Crippen LogP) is 4.42. The lowest BCUT2D eigenvalue weighted by Gasteiger charge is -2.32. The first kappa shape index (κ1) is 18.8. The number of rotatable bonds is 4. The fourth-order valence-corrected chi connectivity index (χ4v) is 4.47. The van der Waals surface area contributed by atoms with Crippen molar-refractivity contribution in [1.29, 1.82) is 0 Å². The van der Waals surface area contributed by atoms with Gasteiger partial charge in [0.2, 0.25) is 5.91 Å². The average Bonchev–Trinajstić information content (AvgIpc) is 3.09. The first-order chi connectivity index (χ1) is 13.6. The number of aryl methyl sites for hydroxylation is 1. The highest BCUT2D eigenvalue weighted by Gasteiger charge is 2.27. The number of aromatic nitrogens is 3. The normalized spacial score (nSPS) is 16.8. The molecule has 1 N–H and O–H groups in total. The smallest absolute Gasteiger partial charge is 0.231 e. The van der Waals surface area contributed by atoms with Crippen molar-refractivity contribution in [3.05, 3.63) is 53.3 Å². The maximum atomic E-state index is 12.8. The maximum Gasteiger partial charge on any atom is 0.231 e. The average molecular weight is 414 g/mol. The summed E-state index contributed by atoms with van der Waals surface area (Å²) in [6, 6.07) is 13.7. The van der Waals surface area contributed by atoms with Crippen LogP contribution in [-0.2, 0) is 4.79 Å². The minimum atomic E-state index is -0.115. The number of amides is 1. The van der Waals surface area contributed by atoms with Gasteiger partial charge in [0.05, 0.1) is 16.5 Å². The molecule has 1 aromatic carbocycles. The van der Waals surface area contributed by atoms with E-state index in [0.29, 0.717) is 16.8 Å².